The van der Waals surface area contributed by atoms with Gasteiger partial charge in [-0.25, -0.2) is 4.39 Å². The number of carbonyl (C=O) groups is 1. The Hall–Kier alpha value is -4.26. The summed E-state index contributed by atoms with van der Waals surface area (Å²) in [6.07, 6.45) is 6.65. The normalized spacial score (nSPS) is 15.8. The molecular weight excluding hydrogens is 455 g/mol. The van der Waals surface area contributed by atoms with Gasteiger partial charge in [0.2, 0.25) is 0 Å². The summed E-state index contributed by atoms with van der Waals surface area (Å²) < 4.78 is 14.2. The average molecular weight is 481 g/mol. The van der Waals surface area contributed by atoms with E-state index in [9.17, 15) is 9.18 Å². The molecule has 1 aliphatic heterocycles. The third-order valence-corrected chi connectivity index (χ3v) is 6.31. The Bertz CT molecular complexity index is 1420. The van der Waals surface area contributed by atoms with Gasteiger partial charge >= 0.3 is 0 Å². The summed E-state index contributed by atoms with van der Waals surface area (Å²) >= 11 is 0. The number of benzene rings is 1. The number of pyridine rings is 3. The van der Waals surface area contributed by atoms with Gasteiger partial charge in [-0.2, -0.15) is 0 Å². The molecule has 0 saturated heterocycles. The van der Waals surface area contributed by atoms with Crippen LogP contribution in [0.2, 0.25) is 0 Å². The molecule has 0 radical (unpaired) electrons. The second-order valence-electron chi connectivity index (χ2n) is 9.04. The monoisotopic (exact) mass is 480 g/mol. The molecule has 2 atom stereocenters. The quantitative estimate of drug-likeness (QED) is 0.293. The van der Waals surface area contributed by atoms with Gasteiger partial charge in [0, 0.05) is 48.1 Å². The fourth-order valence-electron chi connectivity index (χ4n) is 4.31. The number of oxime groups is 1. The zero-order valence-electron chi connectivity index (χ0n) is 20.1. The number of hydrogen-bond donors (Lipinski definition) is 0. The summed E-state index contributed by atoms with van der Waals surface area (Å²) in [5.74, 6) is -0.797. The molecule has 36 heavy (non-hydrogen) atoms. The average Bonchev–Trinajstić information content (AvgIpc) is 3.40. The van der Waals surface area contributed by atoms with Gasteiger partial charge in [-0.15, -0.1) is 0 Å². The van der Waals surface area contributed by atoms with Gasteiger partial charge in [0.15, 0.2) is 11.9 Å². The van der Waals surface area contributed by atoms with Crippen molar-refractivity contribution >= 4 is 11.5 Å². The van der Waals surface area contributed by atoms with E-state index in [-0.39, 0.29) is 24.2 Å². The van der Waals surface area contributed by atoms with Crippen LogP contribution in [0.5, 0.6) is 0 Å². The summed E-state index contributed by atoms with van der Waals surface area (Å²) in [7, 11) is 0. The van der Waals surface area contributed by atoms with Gasteiger partial charge in [0.1, 0.15) is 5.82 Å². The van der Waals surface area contributed by atoms with Crippen molar-refractivity contribution in [2.24, 2.45) is 5.16 Å². The van der Waals surface area contributed by atoms with Crippen LogP contribution in [0.3, 0.4) is 0 Å². The summed E-state index contributed by atoms with van der Waals surface area (Å²) in [4.78, 5) is 31.8. The number of Topliss-reactive ketones (excluding diaryl/α,β-unsaturated/α-hetero) is 1. The van der Waals surface area contributed by atoms with Gasteiger partial charge in [-0.05, 0) is 66.4 Å². The lowest BCUT2D eigenvalue weighted by Gasteiger charge is -2.13. The number of ketones is 1. The second kappa shape index (κ2) is 10.2. The van der Waals surface area contributed by atoms with Crippen LogP contribution in [0.4, 0.5) is 4.39 Å². The molecule has 7 heteroatoms. The van der Waals surface area contributed by atoms with E-state index in [0.717, 1.165) is 33.8 Å². The van der Waals surface area contributed by atoms with E-state index in [1.807, 2.05) is 62.4 Å². The van der Waals surface area contributed by atoms with E-state index in [1.54, 1.807) is 18.5 Å². The molecule has 0 saturated carbocycles. The molecule has 5 rings (SSSR count). The Balaban J connectivity index is 1.46. The Morgan fingerprint density at radius 1 is 1.06 bits per heavy atom. The molecule has 3 aromatic heterocycles. The Kier molecular flexibility index (Phi) is 6.62. The molecule has 0 N–H and O–H groups in total. The van der Waals surface area contributed by atoms with Crippen LogP contribution in [0.15, 0.2) is 84.5 Å². The molecule has 180 valence electrons. The number of nitrogens with zero attached hydrogens (tertiary/aromatic N) is 4. The summed E-state index contributed by atoms with van der Waals surface area (Å²) in [6, 6.07) is 16.9. The molecule has 0 unspecified atom stereocenters. The highest BCUT2D eigenvalue weighted by molar-refractivity contribution is 6.05. The lowest BCUT2D eigenvalue weighted by molar-refractivity contribution is 0.0826. The van der Waals surface area contributed by atoms with Crippen LogP contribution in [0.25, 0.3) is 11.3 Å². The van der Waals surface area contributed by atoms with Crippen LogP contribution < -0.4 is 0 Å². The standard InChI is InChI=1S/C29H25FN4O2/c1-18-6-7-25(33-16-18)20-12-21(27-15-29(36-34-27)26-5-3-4-9-32-26)14-22(13-20)28(35)11-19(2)23-8-10-31-17-24(23)30/h3-10,12-14,16-17,19,29H,11,15H2,1-2H3/t19-,29+/m1/s1. The van der Waals surface area contributed by atoms with Crippen LogP contribution in [0.1, 0.15) is 64.5 Å². The largest absolute Gasteiger partial charge is 0.385 e. The van der Waals surface area contributed by atoms with E-state index in [2.05, 4.69) is 20.1 Å². The van der Waals surface area contributed by atoms with Crippen molar-refractivity contribution in [3.05, 3.63) is 113 Å². The second-order valence-corrected chi connectivity index (χ2v) is 9.04. The number of rotatable bonds is 7. The highest BCUT2D eigenvalue weighted by Crippen LogP contribution is 2.31. The van der Waals surface area contributed by atoms with Crippen molar-refractivity contribution in [3.63, 3.8) is 0 Å². The van der Waals surface area contributed by atoms with E-state index >= 15 is 0 Å². The van der Waals surface area contributed by atoms with Gasteiger partial charge in [0.05, 0.1) is 23.3 Å². The smallest absolute Gasteiger partial charge is 0.174 e. The first-order valence-electron chi connectivity index (χ1n) is 11.8. The predicted molar refractivity (Wildman–Crippen MR) is 135 cm³/mol. The van der Waals surface area contributed by atoms with Crippen LogP contribution in [-0.2, 0) is 4.84 Å². The highest BCUT2D eigenvalue weighted by atomic mass is 19.1. The summed E-state index contributed by atoms with van der Waals surface area (Å²) in [5, 5.41) is 4.32. The molecule has 0 aliphatic carbocycles. The number of aryl methyl sites for hydroxylation is 1. The highest BCUT2D eigenvalue weighted by Gasteiger charge is 2.26. The minimum Gasteiger partial charge on any atom is -0.385 e. The van der Waals surface area contributed by atoms with Crippen molar-refractivity contribution in [1.82, 2.24) is 15.0 Å². The minimum absolute atomic E-state index is 0.0882. The lowest BCUT2D eigenvalue weighted by Crippen LogP contribution is -2.09. The van der Waals surface area contributed by atoms with Crippen molar-refractivity contribution in [2.75, 3.05) is 0 Å². The third kappa shape index (κ3) is 5.05. The number of carbonyl (C=O) groups excluding carboxylic acids is 1. The van der Waals surface area contributed by atoms with Crippen molar-refractivity contribution in [3.8, 4) is 11.3 Å². The number of hydrogen-bond acceptors (Lipinski definition) is 6. The van der Waals surface area contributed by atoms with Gasteiger partial charge < -0.3 is 4.84 Å². The molecule has 0 fully saturated rings. The topological polar surface area (TPSA) is 77.3 Å². The van der Waals surface area contributed by atoms with Crippen LogP contribution in [-0.4, -0.2) is 26.4 Å². The zero-order valence-corrected chi connectivity index (χ0v) is 20.1. The molecule has 0 spiro atoms. The first kappa shape index (κ1) is 23.5. The van der Waals surface area contributed by atoms with Crippen molar-refractivity contribution in [2.45, 2.75) is 38.7 Å². The molecule has 6 nitrogen and oxygen atoms in total. The fraction of sp³-hybridized carbons (Fsp3) is 0.207. The van der Waals surface area contributed by atoms with E-state index in [1.165, 1.54) is 12.4 Å². The first-order chi connectivity index (χ1) is 17.5. The molecule has 0 amide bonds. The Morgan fingerprint density at radius 3 is 2.67 bits per heavy atom. The van der Waals surface area contributed by atoms with Gasteiger partial charge in [-0.1, -0.05) is 24.2 Å². The zero-order chi connectivity index (χ0) is 25.1. The SMILES string of the molecule is Cc1ccc(-c2cc(C(=O)C[C@@H](C)c3ccncc3F)cc(C3=NO[C@H](c4ccccn4)C3)c2)nc1. The van der Waals surface area contributed by atoms with Crippen molar-refractivity contribution in [1.29, 1.82) is 0 Å². The van der Waals surface area contributed by atoms with E-state index < -0.39 is 5.82 Å². The van der Waals surface area contributed by atoms with Gasteiger partial charge in [-0.3, -0.25) is 19.7 Å². The maximum atomic E-state index is 14.2. The third-order valence-electron chi connectivity index (χ3n) is 6.31. The molecule has 4 aromatic rings. The summed E-state index contributed by atoms with van der Waals surface area (Å²) in [6.45, 7) is 3.82. The molecular formula is C29H25FN4O2. The fourth-order valence-corrected chi connectivity index (χ4v) is 4.31. The van der Waals surface area contributed by atoms with Crippen LogP contribution in [0, 0.1) is 12.7 Å². The first-order valence-corrected chi connectivity index (χ1v) is 11.8. The van der Waals surface area contributed by atoms with E-state index in [0.29, 0.717) is 17.5 Å². The van der Waals surface area contributed by atoms with Gasteiger partial charge in [0.25, 0.3) is 0 Å². The van der Waals surface area contributed by atoms with Crippen molar-refractivity contribution < 1.29 is 14.0 Å². The Labute approximate surface area is 208 Å². The summed E-state index contributed by atoms with van der Waals surface area (Å²) in [5.41, 5.74) is 5.94. The number of aromatic nitrogens is 3. The lowest BCUT2D eigenvalue weighted by atomic mass is 9.90. The van der Waals surface area contributed by atoms with E-state index in [4.69, 9.17) is 4.84 Å². The van der Waals surface area contributed by atoms with Crippen LogP contribution >= 0.6 is 0 Å². The molecule has 1 aliphatic rings. The Morgan fingerprint density at radius 2 is 1.92 bits per heavy atom. The number of halogens is 1. The minimum atomic E-state index is -0.408. The molecule has 1 aromatic carbocycles. The maximum Gasteiger partial charge on any atom is 0.174 e. The molecule has 4 heterocycles. The maximum absolute atomic E-state index is 14.2. The molecule has 0 bridgehead atoms. The predicted octanol–water partition coefficient (Wildman–Crippen LogP) is 6.23.